The molecule has 2 aromatic heterocycles. The largest absolute Gasteiger partial charge is 0.312 e. The molecule has 0 aliphatic rings. The van der Waals surface area contributed by atoms with Gasteiger partial charge < -0.3 is 5.32 Å². The van der Waals surface area contributed by atoms with Crippen LogP contribution in [-0.4, -0.2) is 16.5 Å². The second kappa shape index (κ2) is 7.66. The number of pyridine rings is 1. The smallest absolute Gasteiger partial charge is 0.142 e. The molecule has 2 heterocycles. The Morgan fingerprint density at radius 2 is 2.05 bits per heavy atom. The molecule has 0 amide bonds. The van der Waals surface area contributed by atoms with Crippen LogP contribution in [0.4, 0.5) is 0 Å². The van der Waals surface area contributed by atoms with Gasteiger partial charge in [0.05, 0.1) is 5.69 Å². The number of aryl methyl sites for hydroxylation is 2. The van der Waals surface area contributed by atoms with Gasteiger partial charge in [0.25, 0.3) is 0 Å². The summed E-state index contributed by atoms with van der Waals surface area (Å²) >= 11 is 1.78. The van der Waals surface area contributed by atoms with Gasteiger partial charge >= 0.3 is 0 Å². The number of thiazole rings is 1. The van der Waals surface area contributed by atoms with E-state index in [4.69, 9.17) is 4.98 Å². The van der Waals surface area contributed by atoms with Crippen molar-refractivity contribution in [2.45, 2.75) is 47.1 Å². The summed E-state index contributed by atoms with van der Waals surface area (Å²) in [5.41, 5.74) is 3.53. The summed E-state index contributed by atoms with van der Waals surface area (Å²) < 4.78 is 0. The van der Waals surface area contributed by atoms with Crippen molar-refractivity contribution < 1.29 is 0 Å². The number of hydrogen-bond donors (Lipinski definition) is 1. The first-order valence-electron chi connectivity index (χ1n) is 7.79. The predicted molar refractivity (Wildman–Crippen MR) is 90.6 cm³/mol. The molecule has 2 rings (SSSR count). The lowest BCUT2D eigenvalue weighted by atomic mass is 10.1. The molecule has 2 aromatic rings. The van der Waals surface area contributed by atoms with Crippen LogP contribution in [0.2, 0.25) is 0 Å². The molecule has 1 N–H and O–H groups in total. The highest BCUT2D eigenvalue weighted by Crippen LogP contribution is 2.29. The summed E-state index contributed by atoms with van der Waals surface area (Å²) in [6.45, 7) is 10.7. The number of hydrogen-bond acceptors (Lipinski definition) is 4. The van der Waals surface area contributed by atoms with Crippen LogP contribution in [0.3, 0.4) is 0 Å². The first-order chi connectivity index (χ1) is 10.2. The van der Waals surface area contributed by atoms with E-state index in [1.165, 1.54) is 16.1 Å². The fourth-order valence-corrected chi connectivity index (χ4v) is 3.44. The van der Waals surface area contributed by atoms with Gasteiger partial charge in [-0.3, -0.25) is 4.98 Å². The summed E-state index contributed by atoms with van der Waals surface area (Å²) in [6, 6.07) is 4.15. The third-order valence-electron chi connectivity index (χ3n) is 3.43. The van der Waals surface area contributed by atoms with Crippen molar-refractivity contribution in [3.8, 4) is 10.7 Å². The Labute approximate surface area is 131 Å². The number of aromatic nitrogens is 2. The lowest BCUT2D eigenvalue weighted by molar-refractivity contribution is 0.553. The lowest BCUT2D eigenvalue weighted by Gasteiger charge is -2.06. The zero-order chi connectivity index (χ0) is 15.2. The van der Waals surface area contributed by atoms with Crippen LogP contribution in [0.5, 0.6) is 0 Å². The highest BCUT2D eigenvalue weighted by Gasteiger charge is 2.14. The number of nitrogens with zero attached hydrogens (tertiary/aromatic N) is 2. The molecular weight excluding hydrogens is 278 g/mol. The molecule has 0 aliphatic heterocycles. The summed E-state index contributed by atoms with van der Waals surface area (Å²) in [6.07, 6.45) is 3.83. The molecule has 0 radical (unpaired) electrons. The zero-order valence-electron chi connectivity index (χ0n) is 13.4. The normalized spacial score (nSPS) is 11.3. The van der Waals surface area contributed by atoms with Gasteiger partial charge in [-0.15, -0.1) is 11.3 Å². The molecule has 0 saturated carbocycles. The summed E-state index contributed by atoms with van der Waals surface area (Å²) in [5.74, 6) is 0.671. The van der Waals surface area contributed by atoms with Gasteiger partial charge in [-0.2, -0.15) is 0 Å². The van der Waals surface area contributed by atoms with E-state index in [0.717, 1.165) is 36.6 Å². The average molecular weight is 303 g/mol. The molecule has 4 heteroatoms. The minimum atomic E-state index is 0.671. The van der Waals surface area contributed by atoms with Crippen LogP contribution >= 0.6 is 11.3 Å². The van der Waals surface area contributed by atoms with E-state index < -0.39 is 0 Å². The highest BCUT2D eigenvalue weighted by atomic mass is 32.1. The van der Waals surface area contributed by atoms with Gasteiger partial charge in [-0.1, -0.05) is 33.8 Å². The third-order valence-corrected chi connectivity index (χ3v) is 4.53. The van der Waals surface area contributed by atoms with E-state index in [1.54, 1.807) is 11.3 Å². The molecule has 0 fully saturated rings. The molecule has 0 saturated heterocycles. The van der Waals surface area contributed by atoms with Crippen LogP contribution in [-0.2, 0) is 19.4 Å². The molecule has 0 spiro atoms. The van der Waals surface area contributed by atoms with Gasteiger partial charge in [-0.25, -0.2) is 4.98 Å². The maximum absolute atomic E-state index is 4.82. The molecule has 0 unspecified atom stereocenters. The molecular formula is C17H25N3S. The lowest BCUT2D eigenvalue weighted by Crippen LogP contribution is -2.18. The average Bonchev–Trinajstić information content (AvgIpc) is 2.90. The van der Waals surface area contributed by atoms with Crippen LogP contribution in [0, 0.1) is 5.92 Å². The second-order valence-electron chi connectivity index (χ2n) is 5.63. The van der Waals surface area contributed by atoms with E-state index in [1.807, 2.05) is 12.3 Å². The van der Waals surface area contributed by atoms with Gasteiger partial charge in [0.1, 0.15) is 10.7 Å². The summed E-state index contributed by atoms with van der Waals surface area (Å²) in [4.78, 5) is 10.7. The minimum absolute atomic E-state index is 0.671. The molecule has 0 atom stereocenters. The van der Waals surface area contributed by atoms with Crippen LogP contribution in [0.25, 0.3) is 10.7 Å². The Balaban J connectivity index is 2.23. The van der Waals surface area contributed by atoms with Crippen LogP contribution in [0.15, 0.2) is 18.3 Å². The Morgan fingerprint density at radius 3 is 2.71 bits per heavy atom. The molecule has 21 heavy (non-hydrogen) atoms. The first kappa shape index (κ1) is 16.1. The molecule has 3 nitrogen and oxygen atoms in total. The maximum Gasteiger partial charge on any atom is 0.142 e. The predicted octanol–water partition coefficient (Wildman–Crippen LogP) is 4.08. The van der Waals surface area contributed by atoms with Crippen molar-refractivity contribution in [1.82, 2.24) is 15.3 Å². The van der Waals surface area contributed by atoms with Gasteiger partial charge in [0, 0.05) is 17.6 Å². The van der Waals surface area contributed by atoms with E-state index >= 15 is 0 Å². The Bertz CT molecular complexity index is 575. The third kappa shape index (κ3) is 4.11. The van der Waals surface area contributed by atoms with Gasteiger partial charge in [-0.05, 0) is 36.9 Å². The number of rotatable bonds is 7. The van der Waals surface area contributed by atoms with Crippen molar-refractivity contribution in [2.24, 2.45) is 5.92 Å². The number of nitrogens with one attached hydrogen (secondary N) is 1. The Kier molecular flexibility index (Phi) is 5.88. The molecule has 0 aromatic carbocycles. The Hall–Kier alpha value is -1.26. The van der Waals surface area contributed by atoms with Crippen molar-refractivity contribution in [3.05, 3.63) is 34.5 Å². The van der Waals surface area contributed by atoms with Crippen molar-refractivity contribution in [3.63, 3.8) is 0 Å². The van der Waals surface area contributed by atoms with Gasteiger partial charge in [0.15, 0.2) is 0 Å². The molecule has 0 aliphatic carbocycles. The SMILES string of the molecule is CCc1cccnc1-c1nc(CC)c(CNCC(C)C)s1. The quantitative estimate of drug-likeness (QED) is 0.837. The zero-order valence-corrected chi connectivity index (χ0v) is 14.3. The summed E-state index contributed by atoms with van der Waals surface area (Å²) in [7, 11) is 0. The van der Waals surface area contributed by atoms with Crippen LogP contribution in [0.1, 0.15) is 43.8 Å². The maximum atomic E-state index is 4.82. The molecule has 0 bridgehead atoms. The Morgan fingerprint density at radius 1 is 1.24 bits per heavy atom. The summed E-state index contributed by atoms with van der Waals surface area (Å²) in [5, 5.41) is 4.58. The topological polar surface area (TPSA) is 37.8 Å². The van der Waals surface area contributed by atoms with E-state index in [2.05, 4.69) is 44.1 Å². The fourth-order valence-electron chi connectivity index (χ4n) is 2.29. The van der Waals surface area contributed by atoms with Crippen LogP contribution < -0.4 is 5.32 Å². The first-order valence-corrected chi connectivity index (χ1v) is 8.60. The van der Waals surface area contributed by atoms with Crippen molar-refractivity contribution in [2.75, 3.05) is 6.54 Å². The minimum Gasteiger partial charge on any atom is -0.312 e. The monoisotopic (exact) mass is 303 g/mol. The standard InChI is InChI=1S/C17H25N3S/c1-5-13-8-7-9-19-16(13)17-20-14(6-2)15(21-17)11-18-10-12(3)4/h7-9,12,18H,5-6,10-11H2,1-4H3. The fraction of sp³-hybridized carbons (Fsp3) is 0.529. The van der Waals surface area contributed by atoms with E-state index in [9.17, 15) is 0 Å². The van der Waals surface area contributed by atoms with E-state index in [0.29, 0.717) is 5.92 Å². The second-order valence-corrected chi connectivity index (χ2v) is 6.72. The van der Waals surface area contributed by atoms with E-state index in [-0.39, 0.29) is 0 Å². The molecule has 114 valence electrons. The van der Waals surface area contributed by atoms with Crippen molar-refractivity contribution in [1.29, 1.82) is 0 Å². The van der Waals surface area contributed by atoms with Crippen molar-refractivity contribution >= 4 is 11.3 Å². The highest BCUT2D eigenvalue weighted by molar-refractivity contribution is 7.15. The van der Waals surface area contributed by atoms with Gasteiger partial charge in [0.2, 0.25) is 0 Å².